The monoisotopic (exact) mass is 256 g/mol. The highest BCUT2D eigenvalue weighted by molar-refractivity contribution is 6.31. The fraction of sp³-hybridized carbons (Fsp3) is 0.462. The smallest absolute Gasteiger partial charge is 0.305 e. The van der Waals surface area contributed by atoms with Crippen LogP contribution in [0.4, 0.5) is 0 Å². The summed E-state index contributed by atoms with van der Waals surface area (Å²) in [6, 6.07) is 7.38. The number of halogens is 1. The second kappa shape index (κ2) is 6.62. The first-order chi connectivity index (χ1) is 8.10. The average molecular weight is 257 g/mol. The molecule has 94 valence electrons. The van der Waals surface area contributed by atoms with Crippen LogP contribution in [0, 0.1) is 0 Å². The summed E-state index contributed by atoms with van der Waals surface area (Å²) in [6.45, 7) is 3.55. The van der Waals surface area contributed by atoms with E-state index in [2.05, 4.69) is 0 Å². The Balaban J connectivity index is 2.84. The highest BCUT2D eigenvalue weighted by atomic mass is 35.5. The minimum atomic E-state index is -0.368. The predicted molar refractivity (Wildman–Crippen MR) is 67.0 cm³/mol. The minimum absolute atomic E-state index is 0.244. The zero-order valence-corrected chi connectivity index (χ0v) is 11.0. The summed E-state index contributed by atoms with van der Waals surface area (Å²) in [4.78, 5) is 11.2. The normalized spacial score (nSPS) is 14.1. The highest BCUT2D eigenvalue weighted by Crippen LogP contribution is 2.29. The molecule has 0 N–H and O–H groups in total. The molecular weight excluding hydrogens is 240 g/mol. The molecule has 0 aliphatic rings. The number of esters is 1. The summed E-state index contributed by atoms with van der Waals surface area (Å²) < 4.78 is 10.6. The van der Waals surface area contributed by atoms with Crippen LogP contribution in [0.1, 0.15) is 31.9 Å². The molecule has 0 radical (unpaired) electrons. The summed E-state index contributed by atoms with van der Waals surface area (Å²) in [5.74, 6) is -0.244. The van der Waals surface area contributed by atoms with Crippen molar-refractivity contribution in [3.63, 3.8) is 0 Å². The lowest BCUT2D eigenvalue weighted by atomic mass is 10.1. The van der Waals surface area contributed by atoms with E-state index >= 15 is 0 Å². The first-order valence-corrected chi connectivity index (χ1v) is 5.94. The lowest BCUT2D eigenvalue weighted by Gasteiger charge is -2.23. The van der Waals surface area contributed by atoms with Crippen LogP contribution in [0.3, 0.4) is 0 Å². The maximum atomic E-state index is 11.2. The summed E-state index contributed by atoms with van der Waals surface area (Å²) in [5.41, 5.74) is 0.827. The van der Waals surface area contributed by atoms with Crippen LogP contribution < -0.4 is 0 Å². The molecule has 0 unspecified atom stereocenters. The zero-order valence-electron chi connectivity index (χ0n) is 10.3. The third kappa shape index (κ3) is 3.72. The lowest BCUT2D eigenvalue weighted by Crippen LogP contribution is -2.23. The Morgan fingerprint density at radius 1 is 1.41 bits per heavy atom. The van der Waals surface area contributed by atoms with Crippen molar-refractivity contribution in [3.8, 4) is 0 Å². The molecule has 0 saturated carbocycles. The van der Waals surface area contributed by atoms with Gasteiger partial charge in [0.05, 0.1) is 0 Å². The number of carbonyl (C=O) groups excluding carboxylic acids is 1. The van der Waals surface area contributed by atoms with E-state index < -0.39 is 0 Å². The standard InChI is InChI=1S/C13H17ClO3/c1-4-12(15)17-9(2)13(16-3)10-7-5-6-8-11(10)14/h5-9,13H,4H2,1-3H3/t9-,13+/m1/s1. The van der Waals surface area contributed by atoms with Crippen molar-refractivity contribution in [3.05, 3.63) is 34.9 Å². The van der Waals surface area contributed by atoms with Crippen LogP contribution in [0.5, 0.6) is 0 Å². The number of hydrogen-bond acceptors (Lipinski definition) is 3. The largest absolute Gasteiger partial charge is 0.460 e. The molecule has 0 amide bonds. The first-order valence-electron chi connectivity index (χ1n) is 5.56. The van der Waals surface area contributed by atoms with Crippen molar-refractivity contribution in [2.24, 2.45) is 0 Å². The van der Waals surface area contributed by atoms with E-state index in [1.807, 2.05) is 18.2 Å². The van der Waals surface area contributed by atoms with Gasteiger partial charge in [-0.2, -0.15) is 0 Å². The molecule has 17 heavy (non-hydrogen) atoms. The number of ether oxygens (including phenoxy) is 2. The molecule has 0 heterocycles. The zero-order chi connectivity index (χ0) is 12.8. The van der Waals surface area contributed by atoms with Crippen molar-refractivity contribution in [1.29, 1.82) is 0 Å². The van der Waals surface area contributed by atoms with E-state index in [0.29, 0.717) is 11.4 Å². The maximum Gasteiger partial charge on any atom is 0.305 e. The van der Waals surface area contributed by atoms with Crippen LogP contribution in [-0.4, -0.2) is 19.2 Å². The van der Waals surface area contributed by atoms with Crippen LogP contribution in [0.2, 0.25) is 5.02 Å². The Bertz CT molecular complexity index is 379. The van der Waals surface area contributed by atoms with Gasteiger partial charge in [-0.15, -0.1) is 0 Å². The molecule has 1 aromatic carbocycles. The number of carbonyl (C=O) groups is 1. The van der Waals surface area contributed by atoms with Crippen molar-refractivity contribution in [2.75, 3.05) is 7.11 Å². The number of benzene rings is 1. The Kier molecular flexibility index (Phi) is 5.45. The van der Waals surface area contributed by atoms with Gasteiger partial charge >= 0.3 is 5.97 Å². The van der Waals surface area contributed by atoms with E-state index in [9.17, 15) is 4.79 Å². The highest BCUT2D eigenvalue weighted by Gasteiger charge is 2.23. The molecule has 0 aliphatic heterocycles. The molecule has 0 bridgehead atoms. The van der Waals surface area contributed by atoms with E-state index in [1.54, 1.807) is 27.0 Å². The van der Waals surface area contributed by atoms with Gasteiger partial charge < -0.3 is 9.47 Å². The van der Waals surface area contributed by atoms with E-state index in [4.69, 9.17) is 21.1 Å². The molecule has 2 atom stereocenters. The topological polar surface area (TPSA) is 35.5 Å². The summed E-state index contributed by atoms with van der Waals surface area (Å²) in [7, 11) is 1.57. The van der Waals surface area contributed by atoms with Gasteiger partial charge in [0.15, 0.2) is 0 Å². The van der Waals surface area contributed by atoms with Crippen LogP contribution in [-0.2, 0) is 14.3 Å². The fourth-order valence-electron chi connectivity index (χ4n) is 1.63. The van der Waals surface area contributed by atoms with E-state index in [0.717, 1.165) is 5.56 Å². The Hall–Kier alpha value is -1.06. The third-order valence-corrected chi connectivity index (χ3v) is 2.84. The minimum Gasteiger partial charge on any atom is -0.460 e. The summed E-state index contributed by atoms with van der Waals surface area (Å²) >= 11 is 6.09. The van der Waals surface area contributed by atoms with E-state index in [1.165, 1.54) is 0 Å². The molecule has 0 saturated heterocycles. The molecule has 4 heteroatoms. The molecule has 1 rings (SSSR count). The summed E-state index contributed by atoms with van der Waals surface area (Å²) in [5, 5.41) is 0.610. The van der Waals surface area contributed by atoms with E-state index in [-0.39, 0.29) is 18.2 Å². The quantitative estimate of drug-likeness (QED) is 0.758. The van der Waals surface area contributed by atoms with Crippen LogP contribution >= 0.6 is 11.6 Å². The number of hydrogen-bond donors (Lipinski definition) is 0. The maximum absolute atomic E-state index is 11.2. The lowest BCUT2D eigenvalue weighted by molar-refractivity contribution is -0.154. The SMILES string of the molecule is CCC(=O)O[C@H](C)[C@H](OC)c1ccccc1Cl. The molecule has 0 aliphatic carbocycles. The van der Waals surface area contributed by atoms with Gasteiger partial charge in [-0.05, 0) is 13.0 Å². The Morgan fingerprint density at radius 2 is 2.06 bits per heavy atom. The molecule has 0 fully saturated rings. The second-order valence-corrected chi connectivity index (χ2v) is 4.13. The number of rotatable bonds is 5. The third-order valence-electron chi connectivity index (χ3n) is 2.50. The molecule has 0 aromatic heterocycles. The molecule has 1 aromatic rings. The van der Waals surface area contributed by atoms with Gasteiger partial charge in [-0.3, -0.25) is 4.79 Å². The summed E-state index contributed by atoms with van der Waals surface area (Å²) in [6.07, 6.45) is -0.366. The van der Waals surface area contributed by atoms with Gasteiger partial charge in [0.25, 0.3) is 0 Å². The molecular formula is C13H17ClO3. The van der Waals surface area contributed by atoms with Gasteiger partial charge in [0.1, 0.15) is 12.2 Å². The second-order valence-electron chi connectivity index (χ2n) is 3.73. The first kappa shape index (κ1) is 14.0. The van der Waals surface area contributed by atoms with Crippen molar-refractivity contribution in [2.45, 2.75) is 32.5 Å². The van der Waals surface area contributed by atoms with Gasteiger partial charge in [-0.1, -0.05) is 36.7 Å². The van der Waals surface area contributed by atoms with Gasteiger partial charge in [0, 0.05) is 24.1 Å². The fourth-order valence-corrected chi connectivity index (χ4v) is 1.87. The van der Waals surface area contributed by atoms with Crippen LogP contribution in [0.15, 0.2) is 24.3 Å². The Morgan fingerprint density at radius 3 is 2.59 bits per heavy atom. The predicted octanol–water partition coefficient (Wildman–Crippen LogP) is 3.37. The number of methoxy groups -OCH3 is 1. The van der Waals surface area contributed by atoms with Crippen molar-refractivity contribution >= 4 is 17.6 Å². The molecule has 0 spiro atoms. The van der Waals surface area contributed by atoms with Gasteiger partial charge in [0.2, 0.25) is 0 Å². The van der Waals surface area contributed by atoms with Crippen LogP contribution in [0.25, 0.3) is 0 Å². The average Bonchev–Trinajstić information content (AvgIpc) is 2.32. The van der Waals surface area contributed by atoms with Crippen molar-refractivity contribution < 1.29 is 14.3 Å². The molecule has 3 nitrogen and oxygen atoms in total. The van der Waals surface area contributed by atoms with Crippen molar-refractivity contribution in [1.82, 2.24) is 0 Å². The van der Waals surface area contributed by atoms with Gasteiger partial charge in [-0.25, -0.2) is 0 Å². The Labute approximate surface area is 107 Å².